The summed E-state index contributed by atoms with van der Waals surface area (Å²) in [5.41, 5.74) is 4.37. The molecule has 7 nitrogen and oxygen atoms in total. The Kier molecular flexibility index (Phi) is 7.08. The molecule has 1 N–H and O–H groups in total. The predicted molar refractivity (Wildman–Crippen MR) is 111 cm³/mol. The van der Waals surface area contributed by atoms with Crippen LogP contribution in [-0.2, 0) is 16.0 Å². The quantitative estimate of drug-likeness (QED) is 0.636. The summed E-state index contributed by atoms with van der Waals surface area (Å²) in [6.07, 6.45) is 7.65. The molecule has 148 valence electrons. The van der Waals surface area contributed by atoms with Gasteiger partial charge in [-0.25, -0.2) is 9.97 Å². The van der Waals surface area contributed by atoms with Gasteiger partial charge in [-0.05, 0) is 44.7 Å². The van der Waals surface area contributed by atoms with Crippen molar-refractivity contribution in [2.24, 2.45) is 4.99 Å². The molecule has 0 aliphatic carbocycles. The topological polar surface area (TPSA) is 79.7 Å². The average Bonchev–Trinajstić information content (AvgIpc) is 3.38. The molecule has 0 saturated carbocycles. The molecule has 28 heavy (non-hydrogen) atoms. The first kappa shape index (κ1) is 19.9. The molecule has 1 aromatic heterocycles. The minimum Gasteiger partial charge on any atom is -0.376 e. The van der Waals surface area contributed by atoms with Gasteiger partial charge >= 0.3 is 0 Å². The normalized spacial score (nSPS) is 17.9. The van der Waals surface area contributed by atoms with E-state index in [0.717, 1.165) is 49.6 Å². The number of para-hydroxylation sites is 1. The van der Waals surface area contributed by atoms with Crippen LogP contribution >= 0.6 is 0 Å². The number of aromatic nitrogens is 2. The standard InChI is InChI=1S/C15H16N4.C6H11NO2/c1-3-16-14-11(2)17-10-18-15(14)19-9-8-12-6-4-5-7-13(12)19;8-5-7-4-6-2-1-3-9-6/h3-7,10H,8-9H2,1-2H3;5-6H,1-4H2,(H,7,8). The highest BCUT2D eigenvalue weighted by molar-refractivity contribution is 5.78. The number of hydrogen-bond donors (Lipinski definition) is 1. The van der Waals surface area contributed by atoms with Crippen LogP contribution in [0.1, 0.15) is 31.0 Å². The number of ether oxygens (including phenoxy) is 1. The van der Waals surface area contributed by atoms with Crippen molar-refractivity contribution in [3.63, 3.8) is 0 Å². The predicted octanol–water partition coefficient (Wildman–Crippen LogP) is 3.11. The third-order valence-electron chi connectivity index (χ3n) is 4.84. The van der Waals surface area contributed by atoms with E-state index < -0.39 is 0 Å². The minimum absolute atomic E-state index is 0.273. The number of rotatable bonds is 5. The van der Waals surface area contributed by atoms with Gasteiger partial charge in [0.05, 0.1) is 11.8 Å². The van der Waals surface area contributed by atoms with E-state index in [4.69, 9.17) is 4.74 Å². The van der Waals surface area contributed by atoms with Crippen LogP contribution in [0.3, 0.4) is 0 Å². The number of anilines is 2. The van der Waals surface area contributed by atoms with Crippen LogP contribution in [0.2, 0.25) is 0 Å². The third-order valence-corrected chi connectivity index (χ3v) is 4.84. The SMILES string of the molecule is CC=Nc1c(C)ncnc1N1CCc2ccccc21.O=CNCC1CCCO1. The van der Waals surface area contributed by atoms with E-state index in [-0.39, 0.29) is 6.10 Å². The zero-order valence-corrected chi connectivity index (χ0v) is 16.5. The summed E-state index contributed by atoms with van der Waals surface area (Å²) in [5, 5.41) is 2.58. The number of amides is 1. The van der Waals surface area contributed by atoms with E-state index in [1.165, 1.54) is 11.3 Å². The Bertz CT molecular complexity index is 818. The second kappa shape index (κ2) is 9.94. The molecular formula is C21H27N5O2. The highest BCUT2D eigenvalue weighted by atomic mass is 16.5. The number of aryl methyl sites for hydroxylation is 1. The smallest absolute Gasteiger partial charge is 0.207 e. The van der Waals surface area contributed by atoms with Gasteiger partial charge in [-0.1, -0.05) is 18.2 Å². The molecule has 2 aliphatic heterocycles. The van der Waals surface area contributed by atoms with Gasteiger partial charge in [0.2, 0.25) is 6.41 Å². The largest absolute Gasteiger partial charge is 0.376 e. The van der Waals surface area contributed by atoms with Crippen molar-refractivity contribution >= 4 is 29.8 Å². The lowest BCUT2D eigenvalue weighted by Gasteiger charge is -2.20. The molecule has 4 rings (SSSR count). The molecule has 1 amide bonds. The Morgan fingerprint density at radius 3 is 2.96 bits per heavy atom. The number of aliphatic imine (C=N–C) groups is 1. The number of fused-ring (bicyclic) bond motifs is 1. The van der Waals surface area contributed by atoms with Gasteiger partial charge in [-0.15, -0.1) is 0 Å². The lowest BCUT2D eigenvalue weighted by Crippen LogP contribution is -2.24. The van der Waals surface area contributed by atoms with Crippen LogP contribution in [0.15, 0.2) is 35.6 Å². The monoisotopic (exact) mass is 381 g/mol. The molecule has 0 radical (unpaired) electrons. The summed E-state index contributed by atoms with van der Waals surface area (Å²) in [4.78, 5) is 25.1. The van der Waals surface area contributed by atoms with Crippen LogP contribution in [0.25, 0.3) is 0 Å². The Hall–Kier alpha value is -2.80. The number of carbonyl (C=O) groups excluding carboxylic acids is 1. The lowest BCUT2D eigenvalue weighted by atomic mass is 10.2. The van der Waals surface area contributed by atoms with Crippen molar-refractivity contribution in [3.8, 4) is 0 Å². The molecule has 2 aliphatic rings. The second-order valence-corrected chi connectivity index (χ2v) is 6.71. The number of carbonyl (C=O) groups is 1. The molecule has 0 bridgehead atoms. The summed E-state index contributed by atoms with van der Waals surface area (Å²) in [6, 6.07) is 8.46. The maximum Gasteiger partial charge on any atom is 0.207 e. The van der Waals surface area contributed by atoms with Gasteiger partial charge in [0, 0.05) is 31.6 Å². The van der Waals surface area contributed by atoms with Crippen molar-refractivity contribution in [2.75, 3.05) is 24.6 Å². The average molecular weight is 381 g/mol. The zero-order valence-electron chi connectivity index (χ0n) is 16.5. The first-order chi connectivity index (χ1) is 13.7. The summed E-state index contributed by atoms with van der Waals surface area (Å²) >= 11 is 0. The molecule has 3 heterocycles. The summed E-state index contributed by atoms with van der Waals surface area (Å²) in [6.45, 7) is 6.35. The Morgan fingerprint density at radius 2 is 2.21 bits per heavy atom. The third kappa shape index (κ3) is 4.72. The molecule has 1 fully saturated rings. The van der Waals surface area contributed by atoms with E-state index in [1.807, 2.05) is 13.8 Å². The maximum absolute atomic E-state index is 9.79. The number of nitrogens with one attached hydrogen (secondary N) is 1. The Balaban J connectivity index is 0.000000211. The van der Waals surface area contributed by atoms with E-state index in [9.17, 15) is 4.79 Å². The van der Waals surface area contributed by atoms with Crippen LogP contribution in [0.5, 0.6) is 0 Å². The van der Waals surface area contributed by atoms with E-state index >= 15 is 0 Å². The maximum atomic E-state index is 9.79. The number of hydrogen-bond acceptors (Lipinski definition) is 6. The van der Waals surface area contributed by atoms with Crippen molar-refractivity contribution in [3.05, 3.63) is 41.9 Å². The molecule has 2 aromatic rings. The minimum atomic E-state index is 0.273. The number of nitrogens with zero attached hydrogens (tertiary/aromatic N) is 4. The molecular weight excluding hydrogens is 354 g/mol. The molecule has 0 spiro atoms. The highest BCUT2D eigenvalue weighted by Crippen LogP contribution is 2.38. The van der Waals surface area contributed by atoms with Crippen LogP contribution in [0, 0.1) is 6.92 Å². The van der Waals surface area contributed by atoms with Gasteiger partial charge in [0.15, 0.2) is 5.82 Å². The zero-order chi connectivity index (χ0) is 19.8. The fraction of sp³-hybridized carbons (Fsp3) is 0.429. The molecule has 1 atom stereocenters. The molecule has 1 unspecified atom stereocenters. The van der Waals surface area contributed by atoms with E-state index in [0.29, 0.717) is 13.0 Å². The first-order valence-corrected chi connectivity index (χ1v) is 9.69. The first-order valence-electron chi connectivity index (χ1n) is 9.69. The Labute approximate surface area is 165 Å². The van der Waals surface area contributed by atoms with Crippen molar-refractivity contribution < 1.29 is 9.53 Å². The molecule has 1 saturated heterocycles. The highest BCUT2D eigenvalue weighted by Gasteiger charge is 2.23. The van der Waals surface area contributed by atoms with Crippen LogP contribution in [-0.4, -0.2) is 48.4 Å². The summed E-state index contributed by atoms with van der Waals surface area (Å²) in [7, 11) is 0. The second-order valence-electron chi connectivity index (χ2n) is 6.71. The molecule has 7 heteroatoms. The number of benzene rings is 1. The van der Waals surface area contributed by atoms with Gasteiger partial charge in [0.25, 0.3) is 0 Å². The van der Waals surface area contributed by atoms with Gasteiger partial charge in [-0.2, -0.15) is 0 Å². The van der Waals surface area contributed by atoms with E-state index in [2.05, 4.69) is 49.4 Å². The van der Waals surface area contributed by atoms with Crippen molar-refractivity contribution in [1.29, 1.82) is 0 Å². The fourth-order valence-electron chi connectivity index (χ4n) is 3.48. The van der Waals surface area contributed by atoms with Gasteiger partial charge < -0.3 is 15.0 Å². The molecule has 1 aromatic carbocycles. The van der Waals surface area contributed by atoms with Crippen molar-refractivity contribution in [1.82, 2.24) is 15.3 Å². The fourth-order valence-corrected chi connectivity index (χ4v) is 3.48. The van der Waals surface area contributed by atoms with Crippen LogP contribution < -0.4 is 10.2 Å². The Morgan fingerprint density at radius 1 is 1.36 bits per heavy atom. The summed E-state index contributed by atoms with van der Waals surface area (Å²) < 4.78 is 5.23. The van der Waals surface area contributed by atoms with Gasteiger partial charge in [0.1, 0.15) is 12.0 Å². The van der Waals surface area contributed by atoms with Crippen molar-refractivity contribution in [2.45, 2.75) is 39.2 Å². The van der Waals surface area contributed by atoms with Gasteiger partial charge in [-0.3, -0.25) is 9.79 Å². The lowest BCUT2D eigenvalue weighted by molar-refractivity contribution is -0.110. The van der Waals surface area contributed by atoms with Crippen LogP contribution in [0.4, 0.5) is 17.2 Å². The summed E-state index contributed by atoms with van der Waals surface area (Å²) in [5.74, 6) is 0.899. The van der Waals surface area contributed by atoms with E-state index in [1.54, 1.807) is 12.5 Å².